The molecule has 0 unspecified atom stereocenters. The Morgan fingerprint density at radius 2 is 1.79 bits per heavy atom. The molecule has 28 heavy (non-hydrogen) atoms. The Bertz CT molecular complexity index is 901. The van der Waals surface area contributed by atoms with Crippen molar-refractivity contribution in [2.24, 2.45) is 0 Å². The highest BCUT2D eigenvalue weighted by atomic mass is 16.6. The maximum atomic E-state index is 13.2. The second kappa shape index (κ2) is 7.47. The van der Waals surface area contributed by atoms with Gasteiger partial charge in [-0.05, 0) is 12.5 Å². The Morgan fingerprint density at radius 1 is 1.11 bits per heavy atom. The van der Waals surface area contributed by atoms with E-state index in [4.69, 9.17) is 14.2 Å². The molecule has 1 fully saturated rings. The lowest BCUT2D eigenvalue weighted by Crippen LogP contribution is -2.46. The van der Waals surface area contributed by atoms with Gasteiger partial charge in [0.2, 0.25) is 0 Å². The molecule has 2 aromatic rings. The number of ether oxygens (including phenoxy) is 3. The molecule has 2 aromatic carbocycles. The standard InChI is InChI=1S/C20H20N2O6/c1-13-11-21(12-19(28-13)14-5-3-2-4-6-14)20(23)15-9-17-18(27-8-7-26-17)10-16(15)22(24)25/h2-6,9-10,13,19H,7-8,11-12H2,1H3/t13-,19-/m1/s1. The molecular weight excluding hydrogens is 364 g/mol. The van der Waals surface area contributed by atoms with Gasteiger partial charge in [-0.25, -0.2) is 0 Å². The van der Waals surface area contributed by atoms with Gasteiger partial charge in [-0.2, -0.15) is 0 Å². The molecule has 146 valence electrons. The minimum Gasteiger partial charge on any atom is -0.486 e. The number of amides is 1. The van der Waals surface area contributed by atoms with Crippen LogP contribution in [0.1, 0.15) is 28.9 Å². The second-order valence-electron chi connectivity index (χ2n) is 6.83. The van der Waals surface area contributed by atoms with Crippen LogP contribution >= 0.6 is 0 Å². The molecule has 8 heteroatoms. The molecule has 8 nitrogen and oxygen atoms in total. The van der Waals surface area contributed by atoms with Gasteiger partial charge in [0, 0.05) is 12.6 Å². The van der Waals surface area contributed by atoms with Gasteiger partial charge in [-0.1, -0.05) is 30.3 Å². The second-order valence-corrected chi connectivity index (χ2v) is 6.83. The van der Waals surface area contributed by atoms with Crippen molar-refractivity contribution in [3.05, 3.63) is 63.7 Å². The van der Waals surface area contributed by atoms with Gasteiger partial charge in [-0.15, -0.1) is 0 Å². The van der Waals surface area contributed by atoms with Crippen LogP contribution in [-0.4, -0.2) is 48.1 Å². The first-order chi connectivity index (χ1) is 13.5. The minimum atomic E-state index is -0.565. The number of hydrogen-bond donors (Lipinski definition) is 0. The smallest absolute Gasteiger partial charge is 0.286 e. The monoisotopic (exact) mass is 384 g/mol. The summed E-state index contributed by atoms with van der Waals surface area (Å²) in [6.45, 7) is 3.21. The van der Waals surface area contributed by atoms with Gasteiger partial charge < -0.3 is 19.1 Å². The number of fused-ring (bicyclic) bond motifs is 1. The zero-order valence-corrected chi connectivity index (χ0v) is 15.4. The number of morpholine rings is 1. The van der Waals surface area contributed by atoms with Crippen molar-refractivity contribution in [3.8, 4) is 11.5 Å². The number of carbonyl (C=O) groups excluding carboxylic acids is 1. The molecule has 2 aliphatic heterocycles. The summed E-state index contributed by atoms with van der Waals surface area (Å²) in [6, 6.07) is 12.3. The van der Waals surface area contributed by atoms with E-state index in [1.165, 1.54) is 12.1 Å². The van der Waals surface area contributed by atoms with E-state index in [1.807, 2.05) is 37.3 Å². The van der Waals surface area contributed by atoms with Crippen LogP contribution in [0, 0.1) is 10.1 Å². The fourth-order valence-electron chi connectivity index (χ4n) is 3.54. The molecule has 0 aromatic heterocycles. The van der Waals surface area contributed by atoms with Gasteiger partial charge in [0.05, 0.1) is 23.6 Å². The predicted molar refractivity (Wildman–Crippen MR) is 99.7 cm³/mol. The average Bonchev–Trinajstić information content (AvgIpc) is 2.72. The van der Waals surface area contributed by atoms with Gasteiger partial charge in [0.25, 0.3) is 11.6 Å². The maximum absolute atomic E-state index is 13.2. The number of nitro benzene ring substituents is 1. The van der Waals surface area contributed by atoms with Crippen LogP contribution in [0.4, 0.5) is 5.69 Å². The Labute approximate surface area is 161 Å². The first kappa shape index (κ1) is 18.2. The normalized spacial score (nSPS) is 21.2. The molecule has 0 bridgehead atoms. The summed E-state index contributed by atoms with van der Waals surface area (Å²) in [4.78, 5) is 25.8. The molecule has 0 radical (unpaired) electrons. The number of nitro groups is 1. The van der Waals surface area contributed by atoms with E-state index in [2.05, 4.69) is 0 Å². The molecule has 0 spiro atoms. The quantitative estimate of drug-likeness (QED) is 0.597. The fraction of sp³-hybridized carbons (Fsp3) is 0.350. The minimum absolute atomic E-state index is 0.00448. The van der Waals surface area contributed by atoms with E-state index in [9.17, 15) is 14.9 Å². The van der Waals surface area contributed by atoms with Crippen molar-refractivity contribution in [1.29, 1.82) is 0 Å². The number of nitrogens with zero attached hydrogens (tertiary/aromatic N) is 2. The Morgan fingerprint density at radius 3 is 2.46 bits per heavy atom. The largest absolute Gasteiger partial charge is 0.486 e. The lowest BCUT2D eigenvalue weighted by molar-refractivity contribution is -0.385. The van der Waals surface area contributed by atoms with E-state index < -0.39 is 10.8 Å². The molecule has 0 N–H and O–H groups in total. The predicted octanol–water partition coefficient (Wildman–Crippen LogP) is 2.97. The highest BCUT2D eigenvalue weighted by molar-refractivity contribution is 5.99. The van der Waals surface area contributed by atoms with Crippen LogP contribution < -0.4 is 9.47 Å². The van der Waals surface area contributed by atoms with Crippen molar-refractivity contribution < 1.29 is 23.9 Å². The number of benzene rings is 2. The SMILES string of the molecule is C[C@@H]1CN(C(=O)c2cc3c(cc2[N+](=O)[O-])OCCO3)C[C@H](c2ccccc2)O1. The van der Waals surface area contributed by atoms with Crippen LogP contribution in [-0.2, 0) is 4.74 Å². The van der Waals surface area contributed by atoms with Crippen molar-refractivity contribution in [2.45, 2.75) is 19.1 Å². The molecule has 2 atom stereocenters. The summed E-state index contributed by atoms with van der Waals surface area (Å²) < 4.78 is 16.9. The Hall–Kier alpha value is -3.13. The molecular formula is C20H20N2O6. The summed E-state index contributed by atoms with van der Waals surface area (Å²) >= 11 is 0. The van der Waals surface area contributed by atoms with Gasteiger partial charge >= 0.3 is 0 Å². The van der Waals surface area contributed by atoms with Crippen molar-refractivity contribution >= 4 is 11.6 Å². The topological polar surface area (TPSA) is 91.1 Å². The molecule has 0 aliphatic carbocycles. The van der Waals surface area contributed by atoms with Gasteiger partial charge in [-0.3, -0.25) is 14.9 Å². The van der Waals surface area contributed by atoms with Crippen molar-refractivity contribution in [3.63, 3.8) is 0 Å². The van der Waals surface area contributed by atoms with E-state index in [0.29, 0.717) is 32.1 Å². The fourth-order valence-corrected chi connectivity index (χ4v) is 3.54. The number of hydrogen-bond acceptors (Lipinski definition) is 6. The number of carbonyl (C=O) groups is 1. The van der Waals surface area contributed by atoms with E-state index >= 15 is 0 Å². The summed E-state index contributed by atoms with van der Waals surface area (Å²) in [5.41, 5.74) is 0.670. The summed E-state index contributed by atoms with van der Waals surface area (Å²) in [7, 11) is 0. The third kappa shape index (κ3) is 3.50. The van der Waals surface area contributed by atoms with E-state index in [1.54, 1.807) is 4.90 Å². The highest BCUT2D eigenvalue weighted by Gasteiger charge is 2.34. The third-order valence-electron chi connectivity index (χ3n) is 4.81. The van der Waals surface area contributed by atoms with Crippen LogP contribution in [0.3, 0.4) is 0 Å². The molecule has 2 aliphatic rings. The lowest BCUT2D eigenvalue weighted by Gasteiger charge is -2.37. The Balaban J connectivity index is 1.65. The summed E-state index contributed by atoms with van der Waals surface area (Å²) in [5.74, 6) is 0.216. The van der Waals surface area contributed by atoms with E-state index in [0.717, 1.165) is 5.56 Å². The highest BCUT2D eigenvalue weighted by Crippen LogP contribution is 2.37. The molecule has 1 amide bonds. The lowest BCUT2D eigenvalue weighted by atomic mass is 10.0. The first-order valence-corrected chi connectivity index (χ1v) is 9.10. The van der Waals surface area contributed by atoms with Gasteiger partial charge in [0.15, 0.2) is 11.5 Å². The first-order valence-electron chi connectivity index (χ1n) is 9.10. The van der Waals surface area contributed by atoms with Crippen LogP contribution in [0.25, 0.3) is 0 Å². The van der Waals surface area contributed by atoms with Crippen molar-refractivity contribution in [2.75, 3.05) is 26.3 Å². The van der Waals surface area contributed by atoms with Crippen LogP contribution in [0.15, 0.2) is 42.5 Å². The van der Waals surface area contributed by atoms with Gasteiger partial charge in [0.1, 0.15) is 24.9 Å². The number of rotatable bonds is 3. The molecule has 0 saturated carbocycles. The average molecular weight is 384 g/mol. The summed E-state index contributed by atoms with van der Waals surface area (Å²) in [5, 5.41) is 11.6. The molecule has 2 heterocycles. The third-order valence-corrected chi connectivity index (χ3v) is 4.81. The zero-order valence-electron chi connectivity index (χ0n) is 15.4. The van der Waals surface area contributed by atoms with Crippen molar-refractivity contribution in [1.82, 2.24) is 4.90 Å². The van der Waals surface area contributed by atoms with Crippen LogP contribution in [0.5, 0.6) is 11.5 Å². The Kier molecular flexibility index (Phi) is 4.87. The zero-order chi connectivity index (χ0) is 19.7. The maximum Gasteiger partial charge on any atom is 0.286 e. The molecule has 4 rings (SSSR count). The molecule has 1 saturated heterocycles. The van der Waals surface area contributed by atoms with E-state index in [-0.39, 0.29) is 29.2 Å². The van der Waals surface area contributed by atoms with Crippen LogP contribution in [0.2, 0.25) is 0 Å². The summed E-state index contributed by atoms with van der Waals surface area (Å²) in [6.07, 6.45) is -0.482.